The van der Waals surface area contributed by atoms with E-state index in [0.29, 0.717) is 62.2 Å². The summed E-state index contributed by atoms with van der Waals surface area (Å²) in [7, 11) is 1.77. The molecule has 61 heavy (non-hydrogen) atoms. The number of piperidine rings is 2. The molecule has 1 aromatic carbocycles. The van der Waals surface area contributed by atoms with Crippen LogP contribution < -0.4 is 15.5 Å². The van der Waals surface area contributed by atoms with E-state index in [1.54, 1.807) is 25.6 Å². The molecule has 1 saturated carbocycles. The largest absolute Gasteiger partial charge is 0.419 e. The summed E-state index contributed by atoms with van der Waals surface area (Å²) in [5.41, 5.74) is -1.36. The van der Waals surface area contributed by atoms with Crippen LogP contribution in [0.3, 0.4) is 0 Å². The lowest BCUT2D eigenvalue weighted by atomic mass is 9.89. The zero-order valence-electron chi connectivity index (χ0n) is 34.8. The van der Waals surface area contributed by atoms with E-state index in [2.05, 4.69) is 39.5 Å². The number of hydrogen-bond donors (Lipinski definition) is 2. The third-order valence-electron chi connectivity index (χ3n) is 12.5. The molecule has 0 bridgehead atoms. The van der Waals surface area contributed by atoms with Crippen LogP contribution in [0, 0.1) is 11.3 Å². The molecule has 7 rings (SSSR count). The molecule has 3 saturated heterocycles. The van der Waals surface area contributed by atoms with Crippen molar-refractivity contribution in [2.75, 3.05) is 30.0 Å². The second-order valence-corrected chi connectivity index (χ2v) is 17.3. The Morgan fingerprint density at radius 1 is 1.05 bits per heavy atom. The lowest BCUT2D eigenvalue weighted by molar-refractivity contribution is -0.138. The molecule has 3 aliphatic heterocycles. The fourth-order valence-corrected chi connectivity index (χ4v) is 10.0. The van der Waals surface area contributed by atoms with Crippen LogP contribution in [-0.2, 0) is 41.9 Å². The predicted octanol–water partition coefficient (Wildman–Crippen LogP) is 5.32. The highest BCUT2D eigenvalue weighted by Crippen LogP contribution is 2.40. The number of thiocarbonyl (C=S) groups is 1. The lowest BCUT2D eigenvalue weighted by Crippen LogP contribution is -2.51. The van der Waals surface area contributed by atoms with Gasteiger partial charge in [0.1, 0.15) is 11.6 Å². The Kier molecular flexibility index (Phi) is 12.6. The van der Waals surface area contributed by atoms with Crippen LogP contribution >= 0.6 is 12.2 Å². The van der Waals surface area contributed by atoms with E-state index in [-0.39, 0.29) is 71.8 Å². The van der Waals surface area contributed by atoms with Crippen molar-refractivity contribution in [2.24, 2.45) is 7.05 Å². The highest BCUT2D eigenvalue weighted by atomic mass is 32.1. The summed E-state index contributed by atoms with van der Waals surface area (Å²) in [5.74, 6) is -1.84. The molecule has 0 radical (unpaired) electrons. The van der Waals surface area contributed by atoms with Gasteiger partial charge in [-0.3, -0.25) is 39.0 Å². The number of aromatic nitrogens is 3. The number of carbonyl (C=O) groups is 4. The van der Waals surface area contributed by atoms with Gasteiger partial charge in [-0.05, 0) is 97.0 Å². The zero-order chi connectivity index (χ0) is 44.0. The number of alkyl halides is 3. The summed E-state index contributed by atoms with van der Waals surface area (Å²) >= 11 is 5.71. The Labute approximate surface area is 356 Å². The first-order chi connectivity index (χ1) is 28.9. The summed E-state index contributed by atoms with van der Waals surface area (Å²) < 4.78 is 55.3. The van der Waals surface area contributed by atoms with E-state index in [1.165, 1.54) is 6.07 Å². The van der Waals surface area contributed by atoms with Gasteiger partial charge in [0.15, 0.2) is 10.8 Å². The van der Waals surface area contributed by atoms with Crippen molar-refractivity contribution in [3.05, 3.63) is 47.4 Å². The minimum absolute atomic E-state index is 0.00468. The number of imide groups is 1. The highest BCUT2D eigenvalue weighted by Gasteiger charge is 2.53. The monoisotopic (exact) mass is 865 g/mol. The quantitative estimate of drug-likeness (QED) is 0.145. The Morgan fingerprint density at radius 3 is 2.36 bits per heavy atom. The molecule has 5 heterocycles. The van der Waals surface area contributed by atoms with Gasteiger partial charge in [0.25, 0.3) is 5.91 Å². The number of halogens is 3. The van der Waals surface area contributed by atoms with Crippen LogP contribution in [0.15, 0.2) is 30.5 Å². The number of fused-ring (bicyclic) bond motifs is 1. The fourth-order valence-electron chi connectivity index (χ4n) is 9.47. The predicted molar refractivity (Wildman–Crippen MR) is 221 cm³/mol. The van der Waals surface area contributed by atoms with Gasteiger partial charge in [-0.2, -0.15) is 23.5 Å². The number of hydrogen-bond acceptors (Lipinski definition) is 11. The number of nitriles is 1. The summed E-state index contributed by atoms with van der Waals surface area (Å²) in [6.45, 7) is 8.58. The van der Waals surface area contributed by atoms with Crippen molar-refractivity contribution >= 4 is 63.2 Å². The van der Waals surface area contributed by atoms with Gasteiger partial charge in [0, 0.05) is 37.0 Å². The van der Waals surface area contributed by atoms with E-state index >= 15 is 0 Å². The van der Waals surface area contributed by atoms with E-state index in [4.69, 9.17) is 27.0 Å². The SMILES string of the molecule is C[C@@H]1CC(OCCO[C@H]2CC[C@H](N3C(=S)N(c4cnc(C#N)c(C(F)(F)F)c4)C(=O)C3(C)C)CC2)C[C@H](C)N1CC(=O)Nc1cccc2c(C3CCC(=O)NC3=O)nn(C)c12. The maximum Gasteiger partial charge on any atom is 0.419 e. The molecule has 19 heteroatoms. The maximum absolute atomic E-state index is 13.7. The van der Waals surface area contributed by atoms with Crippen LogP contribution in [0.2, 0.25) is 0 Å². The number of anilines is 2. The molecule has 2 N–H and O–H groups in total. The van der Waals surface area contributed by atoms with Crippen LogP contribution in [0.4, 0.5) is 24.5 Å². The van der Waals surface area contributed by atoms with Gasteiger partial charge in [-0.25, -0.2) is 4.98 Å². The first kappa shape index (κ1) is 44.0. The molecule has 3 aromatic rings. The van der Waals surface area contributed by atoms with E-state index < -0.39 is 34.8 Å². The van der Waals surface area contributed by atoms with Gasteiger partial charge in [-0.15, -0.1) is 0 Å². The summed E-state index contributed by atoms with van der Waals surface area (Å²) in [6.07, 6.45) is 1.05. The third-order valence-corrected chi connectivity index (χ3v) is 12.9. The van der Waals surface area contributed by atoms with Gasteiger partial charge in [0.2, 0.25) is 17.7 Å². The molecule has 2 unspecified atom stereocenters. The molecule has 4 aliphatic rings. The number of aryl methyl sites for hydroxylation is 1. The van der Waals surface area contributed by atoms with Gasteiger partial charge >= 0.3 is 6.18 Å². The topological polar surface area (TPSA) is 175 Å². The molecular formula is C42H50F3N9O6S. The van der Waals surface area contributed by atoms with Crippen molar-refractivity contribution in [1.29, 1.82) is 5.26 Å². The summed E-state index contributed by atoms with van der Waals surface area (Å²) in [5, 5.41) is 20.1. The first-order valence-electron chi connectivity index (χ1n) is 20.6. The molecule has 4 amide bonds. The standard InChI is InChI=1S/C42H50F3N9O6S/c1-23-17-28(18-24(2)52(23)22-35(56)48-32-8-6-7-29-36(50-51(5)37(29)32)30-13-14-34(55)49-38(30)57)60-16-15-59-27-11-9-25(10-12-27)54-40(61)53(39(58)41(54,3)4)26-19-31(42(43,44)45)33(20-46)47-21-26/h6-8,19,21,23-25,27-28,30H,9-18,22H2,1-5H3,(H,48,56)(H,49,55,57)/t23-,24+,25-,27-,28?,30?. The highest BCUT2D eigenvalue weighted by molar-refractivity contribution is 7.80. The second-order valence-electron chi connectivity index (χ2n) is 16.9. The van der Waals surface area contributed by atoms with Crippen molar-refractivity contribution in [2.45, 2.75) is 127 Å². The Bertz CT molecular complexity index is 2260. The maximum atomic E-state index is 13.7. The Hall–Kier alpha value is -5.03. The molecule has 1 aliphatic carbocycles. The Morgan fingerprint density at radius 2 is 1.72 bits per heavy atom. The smallest absolute Gasteiger partial charge is 0.376 e. The number of ether oxygens (including phenoxy) is 2. The second kappa shape index (κ2) is 17.4. The number of nitrogens with one attached hydrogen (secondary N) is 2. The molecule has 15 nitrogen and oxygen atoms in total. The summed E-state index contributed by atoms with van der Waals surface area (Å²) in [4.78, 5) is 60.1. The molecule has 4 atom stereocenters. The average molecular weight is 866 g/mol. The number of pyridine rings is 1. The normalized spacial score (nSPS) is 26.1. The molecule has 326 valence electrons. The van der Waals surface area contributed by atoms with Crippen LogP contribution in [0.1, 0.15) is 102 Å². The minimum atomic E-state index is -4.83. The molecule has 2 aromatic heterocycles. The van der Waals surface area contributed by atoms with Crippen molar-refractivity contribution in [3.8, 4) is 6.07 Å². The fraction of sp³-hybridized carbons (Fsp3) is 0.571. The molecule has 4 fully saturated rings. The number of rotatable bonds is 11. The van der Waals surface area contributed by atoms with Gasteiger partial charge < -0.3 is 19.7 Å². The minimum Gasteiger partial charge on any atom is -0.376 e. The van der Waals surface area contributed by atoms with E-state index in [1.807, 2.05) is 23.1 Å². The van der Waals surface area contributed by atoms with E-state index in [0.717, 1.165) is 35.4 Å². The number of para-hydroxylation sites is 1. The Balaban J connectivity index is 0.861. The number of benzene rings is 1. The van der Waals surface area contributed by atoms with Crippen LogP contribution in [-0.4, -0.2) is 109 Å². The van der Waals surface area contributed by atoms with Crippen molar-refractivity contribution in [3.63, 3.8) is 0 Å². The average Bonchev–Trinajstić information content (AvgIpc) is 3.62. The van der Waals surface area contributed by atoms with Crippen molar-refractivity contribution < 1.29 is 41.8 Å². The number of carbonyl (C=O) groups excluding carboxylic acids is 4. The third kappa shape index (κ3) is 8.86. The van der Waals surface area contributed by atoms with Crippen molar-refractivity contribution in [1.82, 2.24) is 29.9 Å². The van der Waals surface area contributed by atoms with Crippen LogP contribution in [0.25, 0.3) is 10.9 Å². The number of nitrogens with zero attached hydrogens (tertiary/aromatic N) is 7. The van der Waals surface area contributed by atoms with Gasteiger partial charge in [-0.1, -0.05) is 12.1 Å². The number of likely N-dealkylation sites (tertiary alicyclic amines) is 1. The molecular weight excluding hydrogens is 816 g/mol. The number of amides is 4. The first-order valence-corrected chi connectivity index (χ1v) is 21.0. The zero-order valence-corrected chi connectivity index (χ0v) is 35.6. The van der Waals surface area contributed by atoms with Gasteiger partial charge in [0.05, 0.1) is 72.2 Å². The molecule has 0 spiro atoms. The lowest BCUT2D eigenvalue weighted by Gasteiger charge is -2.42. The van der Waals surface area contributed by atoms with Crippen LogP contribution in [0.5, 0.6) is 0 Å². The van der Waals surface area contributed by atoms with E-state index in [9.17, 15) is 32.3 Å². The summed E-state index contributed by atoms with van der Waals surface area (Å²) in [6, 6.07) is 7.74.